The minimum atomic E-state index is -2.17. The van der Waals surface area contributed by atoms with E-state index in [2.05, 4.69) is 0 Å². The fourth-order valence-electron chi connectivity index (χ4n) is 0. The second kappa shape index (κ2) is 15.7. The van der Waals surface area contributed by atoms with Crippen LogP contribution in [0.1, 0.15) is 8.85 Å². The van der Waals surface area contributed by atoms with E-state index in [0.29, 0.717) is 0 Å². The fourth-order valence-corrected chi connectivity index (χ4v) is 0. The molecule has 0 unspecified atom stereocenters. The zero-order chi connectivity index (χ0) is 3.58. The molecule has 41 valence electrons. The van der Waals surface area contributed by atoms with Crippen molar-refractivity contribution in [2.45, 2.75) is 7.43 Å². The predicted molar refractivity (Wildman–Crippen MR) is 20.3 cm³/mol. The van der Waals surface area contributed by atoms with E-state index in [1.807, 2.05) is 0 Å². The molecule has 0 aromatic heterocycles. The largest absolute Gasteiger partial charge is 1.00 e. The van der Waals surface area contributed by atoms with Gasteiger partial charge in [-0.15, -0.1) is 0 Å². The summed E-state index contributed by atoms with van der Waals surface area (Å²) >= 11 is 0. The van der Waals surface area contributed by atoms with Gasteiger partial charge in [-0.3, -0.25) is 0 Å². The molecule has 6 heteroatoms. The molecule has 3 nitrogen and oxygen atoms in total. The molecule has 7 heavy (non-hydrogen) atoms. The topological polar surface area (TPSA) is 60.7 Å². The van der Waals surface area contributed by atoms with E-state index in [-0.39, 0.29) is 44.8 Å². The van der Waals surface area contributed by atoms with E-state index in [1.54, 1.807) is 0 Å². The average Bonchev–Trinajstić information content (AvgIpc) is 0.811. The van der Waals surface area contributed by atoms with E-state index >= 15 is 0 Å². The molecular formula is CH8BLiMnO3. The summed E-state index contributed by atoms with van der Waals surface area (Å²) in [5.74, 6) is 0. The quantitative estimate of drug-likeness (QED) is 0.299. The summed E-state index contributed by atoms with van der Waals surface area (Å²) in [5, 5.41) is 21.5. The van der Waals surface area contributed by atoms with Crippen molar-refractivity contribution in [3.63, 3.8) is 0 Å². The van der Waals surface area contributed by atoms with Crippen LogP contribution in [0.5, 0.6) is 0 Å². The minimum Gasteiger partial charge on any atom is -1.00 e. The molecule has 0 aliphatic rings. The monoisotopic (exact) mass is 141 g/mol. The van der Waals surface area contributed by atoms with Crippen LogP contribution in [0.15, 0.2) is 0 Å². The summed E-state index contributed by atoms with van der Waals surface area (Å²) in [6, 6.07) is 0. The van der Waals surface area contributed by atoms with Gasteiger partial charge in [0.05, 0.1) is 0 Å². The van der Waals surface area contributed by atoms with Gasteiger partial charge in [0.2, 0.25) is 0 Å². The van der Waals surface area contributed by atoms with Crippen molar-refractivity contribution in [3.8, 4) is 0 Å². The summed E-state index contributed by atoms with van der Waals surface area (Å²) < 4.78 is 0. The second-order valence-corrected chi connectivity index (χ2v) is 0.346. The van der Waals surface area contributed by atoms with Crippen LogP contribution in [-0.2, 0) is 17.1 Å². The SMILES string of the molecule is C.OB(O)O.[H-].[Li+].[Mn]. The first kappa shape index (κ1) is 24.4. The van der Waals surface area contributed by atoms with Crippen LogP contribution in [0, 0.1) is 0 Å². The van der Waals surface area contributed by atoms with Gasteiger partial charge in [-0.05, 0) is 0 Å². The van der Waals surface area contributed by atoms with E-state index < -0.39 is 7.32 Å². The molecule has 0 atom stereocenters. The van der Waals surface area contributed by atoms with Crippen LogP contribution in [0.3, 0.4) is 0 Å². The van der Waals surface area contributed by atoms with Crippen molar-refractivity contribution in [2.75, 3.05) is 0 Å². The molecule has 0 aromatic rings. The average molecular weight is 141 g/mol. The Bertz CT molecular complexity index is 24.0. The molecule has 0 aliphatic carbocycles. The van der Waals surface area contributed by atoms with Crippen LogP contribution in [0.4, 0.5) is 0 Å². The Morgan fingerprint density at radius 2 is 1.14 bits per heavy atom. The first-order valence-corrected chi connectivity index (χ1v) is 0.775. The van der Waals surface area contributed by atoms with E-state index in [4.69, 9.17) is 15.1 Å². The molecule has 0 amide bonds. The third-order valence-electron chi connectivity index (χ3n) is 0. The van der Waals surface area contributed by atoms with Crippen LogP contribution in [0.25, 0.3) is 0 Å². The Hall–Kier alpha value is 1.06. The number of rotatable bonds is 0. The molecule has 3 N–H and O–H groups in total. The third-order valence-corrected chi connectivity index (χ3v) is 0. The molecule has 0 bridgehead atoms. The van der Waals surface area contributed by atoms with Crippen LogP contribution >= 0.6 is 0 Å². The van der Waals surface area contributed by atoms with E-state index in [1.165, 1.54) is 0 Å². The molecule has 1 radical (unpaired) electrons. The van der Waals surface area contributed by atoms with E-state index in [9.17, 15) is 0 Å². The Kier molecular flexibility index (Phi) is 54.8. The number of hydrogen-bond acceptors (Lipinski definition) is 3. The van der Waals surface area contributed by atoms with Gasteiger partial charge in [-0.1, -0.05) is 7.43 Å². The summed E-state index contributed by atoms with van der Waals surface area (Å²) in [5.41, 5.74) is 0. The maximum absolute atomic E-state index is 7.17. The predicted octanol–water partition coefficient (Wildman–Crippen LogP) is -4.30. The minimum absolute atomic E-state index is 0. The summed E-state index contributed by atoms with van der Waals surface area (Å²) in [4.78, 5) is 0. The van der Waals surface area contributed by atoms with Crippen LogP contribution < -0.4 is 18.9 Å². The smallest absolute Gasteiger partial charge is 1.00 e. The zero-order valence-electron chi connectivity index (χ0n) is 4.30. The summed E-state index contributed by atoms with van der Waals surface area (Å²) in [7, 11) is -2.17. The standard InChI is InChI=1S/CH4.BH3O3.Li.Mn.H/c;2-1(3)4;;;/h1H4;2-4H;;;/q;;+1;;-1. The normalized spacial score (nSPS) is 3.86. The molecule has 0 aliphatic heterocycles. The van der Waals surface area contributed by atoms with Gasteiger partial charge < -0.3 is 16.5 Å². The maximum Gasteiger partial charge on any atom is 1.00 e. The Balaban J connectivity index is -0.00000000750. The molecule has 0 fully saturated rings. The van der Waals surface area contributed by atoms with Crippen molar-refractivity contribution >= 4 is 7.32 Å². The second-order valence-electron chi connectivity index (χ2n) is 0.346. The zero-order valence-corrected chi connectivity index (χ0v) is 4.48. The number of hydrogen-bond donors (Lipinski definition) is 3. The molecule has 0 rings (SSSR count). The van der Waals surface area contributed by atoms with Gasteiger partial charge in [0.25, 0.3) is 0 Å². The molecule has 0 aromatic carbocycles. The van der Waals surface area contributed by atoms with Gasteiger partial charge in [0.1, 0.15) is 0 Å². The van der Waals surface area contributed by atoms with Crippen molar-refractivity contribution in [1.29, 1.82) is 0 Å². The van der Waals surface area contributed by atoms with Gasteiger partial charge in [0, 0.05) is 17.1 Å². The van der Waals surface area contributed by atoms with E-state index in [0.717, 1.165) is 0 Å². The van der Waals surface area contributed by atoms with Crippen molar-refractivity contribution in [1.82, 2.24) is 0 Å². The van der Waals surface area contributed by atoms with Crippen molar-refractivity contribution in [2.24, 2.45) is 0 Å². The Labute approximate surface area is 67.4 Å². The van der Waals surface area contributed by atoms with Crippen molar-refractivity contribution < 1.29 is 52.4 Å². The van der Waals surface area contributed by atoms with Crippen LogP contribution in [0.2, 0.25) is 0 Å². The van der Waals surface area contributed by atoms with Gasteiger partial charge >= 0.3 is 26.2 Å². The Morgan fingerprint density at radius 1 is 1.14 bits per heavy atom. The molecule has 0 spiro atoms. The molecule has 0 saturated heterocycles. The molecule has 0 saturated carbocycles. The Morgan fingerprint density at radius 3 is 1.14 bits per heavy atom. The fraction of sp³-hybridized carbons (Fsp3) is 1.00. The maximum atomic E-state index is 7.17. The summed E-state index contributed by atoms with van der Waals surface area (Å²) in [6.07, 6.45) is 0. The molecule has 0 heterocycles. The summed E-state index contributed by atoms with van der Waals surface area (Å²) in [6.45, 7) is 0. The third kappa shape index (κ3) is 160. The molecular weight excluding hydrogens is 133 g/mol. The first-order valence-electron chi connectivity index (χ1n) is 0.775. The first-order chi connectivity index (χ1) is 1.73. The van der Waals surface area contributed by atoms with Gasteiger partial charge in [-0.2, -0.15) is 0 Å². The van der Waals surface area contributed by atoms with Gasteiger partial charge in [-0.25, -0.2) is 0 Å². The van der Waals surface area contributed by atoms with Crippen molar-refractivity contribution in [3.05, 3.63) is 0 Å². The van der Waals surface area contributed by atoms with Gasteiger partial charge in [0.15, 0.2) is 0 Å². The van der Waals surface area contributed by atoms with Crippen LogP contribution in [-0.4, -0.2) is 22.4 Å².